The number of carbonyl (C=O) groups is 1. The molecule has 0 saturated heterocycles. The van der Waals surface area contributed by atoms with Gasteiger partial charge in [-0.15, -0.1) is 0 Å². The molecular formula is C32H37N3O5. The first kappa shape index (κ1) is 30.6. The minimum atomic E-state index is -0.614. The van der Waals surface area contributed by atoms with E-state index < -0.39 is 18.3 Å². The van der Waals surface area contributed by atoms with Gasteiger partial charge in [0, 0.05) is 11.3 Å². The molecule has 0 aromatic heterocycles. The summed E-state index contributed by atoms with van der Waals surface area (Å²) in [6.45, 7) is 3.16. The Labute approximate surface area is 236 Å². The van der Waals surface area contributed by atoms with Crippen molar-refractivity contribution in [1.29, 1.82) is 0 Å². The van der Waals surface area contributed by atoms with Crippen molar-refractivity contribution < 1.29 is 23.7 Å². The lowest BCUT2D eigenvalue weighted by molar-refractivity contribution is -0.143. The molecule has 0 N–H and O–H groups in total. The van der Waals surface area contributed by atoms with Gasteiger partial charge in [0.1, 0.15) is 12.2 Å². The number of ether oxygens (including phenoxy) is 4. The molecule has 0 bridgehead atoms. The molecule has 3 aromatic rings. The van der Waals surface area contributed by atoms with Crippen LogP contribution in [0.5, 0.6) is 0 Å². The van der Waals surface area contributed by atoms with E-state index in [1.807, 2.05) is 103 Å². The Morgan fingerprint density at radius 3 is 1.88 bits per heavy atom. The maximum absolute atomic E-state index is 11.9. The quantitative estimate of drug-likeness (QED) is 0.0568. The predicted molar refractivity (Wildman–Crippen MR) is 154 cm³/mol. The van der Waals surface area contributed by atoms with Gasteiger partial charge in [-0.2, -0.15) is 0 Å². The SMILES string of the molecule is CCOC(=O)CC/C=C/[C@@H](OCc1ccccc1)[C@H](OCc1ccccc1)[C@@H](CN=[N+]=[N-])OCc1ccccc1. The van der Waals surface area contributed by atoms with Crippen molar-refractivity contribution in [1.82, 2.24) is 0 Å². The van der Waals surface area contributed by atoms with Crippen LogP contribution in [-0.4, -0.2) is 37.4 Å². The molecule has 40 heavy (non-hydrogen) atoms. The van der Waals surface area contributed by atoms with Crippen LogP contribution in [0, 0.1) is 0 Å². The fourth-order valence-corrected chi connectivity index (χ4v) is 4.02. The monoisotopic (exact) mass is 543 g/mol. The normalized spacial score (nSPS) is 13.3. The van der Waals surface area contributed by atoms with Crippen LogP contribution in [0.25, 0.3) is 10.4 Å². The van der Waals surface area contributed by atoms with Gasteiger partial charge in [-0.3, -0.25) is 4.79 Å². The zero-order valence-electron chi connectivity index (χ0n) is 22.9. The smallest absolute Gasteiger partial charge is 0.306 e. The van der Waals surface area contributed by atoms with Crippen molar-refractivity contribution >= 4 is 5.97 Å². The van der Waals surface area contributed by atoms with Crippen LogP contribution in [0.15, 0.2) is 108 Å². The number of azide groups is 1. The summed E-state index contributed by atoms with van der Waals surface area (Å²) in [5, 5.41) is 3.84. The van der Waals surface area contributed by atoms with Gasteiger partial charge in [0.25, 0.3) is 0 Å². The second kappa shape index (κ2) is 18.4. The molecule has 210 valence electrons. The average Bonchev–Trinajstić information content (AvgIpc) is 3.00. The lowest BCUT2D eigenvalue weighted by Crippen LogP contribution is -2.43. The largest absolute Gasteiger partial charge is 0.466 e. The van der Waals surface area contributed by atoms with Crippen LogP contribution in [0.2, 0.25) is 0 Å². The summed E-state index contributed by atoms with van der Waals surface area (Å²) in [6, 6.07) is 29.5. The molecule has 3 aromatic carbocycles. The van der Waals surface area contributed by atoms with Crippen molar-refractivity contribution in [3.8, 4) is 0 Å². The summed E-state index contributed by atoms with van der Waals surface area (Å²) in [6.07, 6.45) is 2.77. The van der Waals surface area contributed by atoms with Crippen LogP contribution in [0.4, 0.5) is 0 Å². The molecule has 0 aliphatic carbocycles. The molecule has 8 heteroatoms. The first-order valence-electron chi connectivity index (χ1n) is 13.5. The maximum atomic E-state index is 11.9. The van der Waals surface area contributed by atoms with Crippen LogP contribution in [-0.2, 0) is 43.6 Å². The van der Waals surface area contributed by atoms with Gasteiger partial charge >= 0.3 is 5.97 Å². The van der Waals surface area contributed by atoms with Crippen molar-refractivity contribution in [2.24, 2.45) is 5.11 Å². The number of allylic oxidation sites excluding steroid dienone is 1. The third-order valence-electron chi connectivity index (χ3n) is 6.04. The maximum Gasteiger partial charge on any atom is 0.306 e. The first-order valence-corrected chi connectivity index (χ1v) is 13.5. The van der Waals surface area contributed by atoms with Crippen LogP contribution in [0.3, 0.4) is 0 Å². The van der Waals surface area contributed by atoms with Gasteiger partial charge in [0.2, 0.25) is 0 Å². The number of nitrogens with zero attached hydrogens (tertiary/aromatic N) is 3. The first-order chi connectivity index (χ1) is 19.7. The summed E-state index contributed by atoms with van der Waals surface area (Å²) < 4.78 is 24.2. The highest BCUT2D eigenvalue weighted by Crippen LogP contribution is 2.20. The molecule has 3 rings (SSSR count). The van der Waals surface area contributed by atoms with Crippen molar-refractivity contribution in [3.63, 3.8) is 0 Å². The summed E-state index contributed by atoms with van der Waals surface area (Å²) in [7, 11) is 0. The van der Waals surface area contributed by atoms with E-state index in [0.717, 1.165) is 16.7 Å². The van der Waals surface area contributed by atoms with Crippen LogP contribution in [0.1, 0.15) is 36.5 Å². The second-order valence-electron chi connectivity index (χ2n) is 9.04. The highest BCUT2D eigenvalue weighted by Gasteiger charge is 2.31. The molecule has 0 spiro atoms. The fourth-order valence-electron chi connectivity index (χ4n) is 4.02. The standard InChI is InChI=1S/C32H37N3O5/c1-2-37-31(36)21-13-12-20-29(38-23-26-14-6-3-7-15-26)32(40-25-28-18-10-5-11-19-28)30(22-34-35-33)39-24-27-16-8-4-9-17-27/h3-12,14-20,29-30,32H,2,13,21-25H2,1H3/b20-12+/t29-,30-,32+/m1/s1. The lowest BCUT2D eigenvalue weighted by atomic mass is 10.1. The zero-order chi connectivity index (χ0) is 28.3. The average molecular weight is 544 g/mol. The summed E-state index contributed by atoms with van der Waals surface area (Å²) in [5.41, 5.74) is 12.1. The van der Waals surface area contributed by atoms with E-state index in [4.69, 9.17) is 24.5 Å². The molecular weight excluding hydrogens is 506 g/mol. The van der Waals surface area contributed by atoms with E-state index in [1.54, 1.807) is 6.92 Å². The van der Waals surface area contributed by atoms with E-state index in [1.165, 1.54) is 0 Å². The number of hydrogen-bond donors (Lipinski definition) is 0. The number of esters is 1. The van der Waals surface area contributed by atoms with Gasteiger partial charge in [0.05, 0.1) is 39.1 Å². The van der Waals surface area contributed by atoms with Gasteiger partial charge in [-0.05, 0) is 35.6 Å². The Hall–Kier alpha value is -3.94. The summed E-state index contributed by atoms with van der Waals surface area (Å²) in [4.78, 5) is 14.8. The van der Waals surface area contributed by atoms with Gasteiger partial charge in [-0.1, -0.05) is 108 Å². The molecule has 0 aliphatic rings. The molecule has 8 nitrogen and oxygen atoms in total. The summed E-state index contributed by atoms with van der Waals surface area (Å²) >= 11 is 0. The van der Waals surface area contributed by atoms with E-state index in [0.29, 0.717) is 32.8 Å². The molecule has 3 atom stereocenters. The number of carbonyl (C=O) groups excluding carboxylic acids is 1. The van der Waals surface area contributed by atoms with E-state index in [-0.39, 0.29) is 18.9 Å². The van der Waals surface area contributed by atoms with Gasteiger partial charge in [-0.25, -0.2) is 0 Å². The highest BCUT2D eigenvalue weighted by molar-refractivity contribution is 5.69. The zero-order valence-corrected chi connectivity index (χ0v) is 22.9. The third kappa shape index (κ3) is 11.4. The minimum absolute atomic E-state index is 0.0602. The predicted octanol–water partition coefficient (Wildman–Crippen LogP) is 6.95. The lowest BCUT2D eigenvalue weighted by Gasteiger charge is -2.32. The van der Waals surface area contributed by atoms with E-state index in [9.17, 15) is 4.79 Å². The number of rotatable bonds is 18. The van der Waals surface area contributed by atoms with Crippen LogP contribution < -0.4 is 0 Å². The second-order valence-corrected chi connectivity index (χ2v) is 9.04. The molecule has 0 aliphatic heterocycles. The highest BCUT2D eigenvalue weighted by atomic mass is 16.6. The Balaban J connectivity index is 1.86. The van der Waals surface area contributed by atoms with E-state index >= 15 is 0 Å². The van der Waals surface area contributed by atoms with Crippen molar-refractivity contribution in [2.45, 2.75) is 57.9 Å². The van der Waals surface area contributed by atoms with Crippen molar-refractivity contribution in [2.75, 3.05) is 13.2 Å². The minimum Gasteiger partial charge on any atom is -0.466 e. The molecule has 0 fully saturated rings. The Morgan fingerprint density at radius 2 is 1.35 bits per heavy atom. The van der Waals surface area contributed by atoms with Crippen molar-refractivity contribution in [3.05, 3.63) is 130 Å². The van der Waals surface area contributed by atoms with Gasteiger partial charge in [0.15, 0.2) is 0 Å². The van der Waals surface area contributed by atoms with E-state index in [2.05, 4.69) is 10.0 Å². The third-order valence-corrected chi connectivity index (χ3v) is 6.04. The fraction of sp³-hybridized carbons (Fsp3) is 0.344. The molecule has 0 amide bonds. The number of benzene rings is 3. The molecule has 0 heterocycles. The number of hydrogen-bond acceptors (Lipinski definition) is 6. The molecule has 0 saturated carbocycles. The Morgan fingerprint density at radius 1 is 0.825 bits per heavy atom. The summed E-state index contributed by atoms with van der Waals surface area (Å²) in [5.74, 6) is -0.252. The van der Waals surface area contributed by atoms with Gasteiger partial charge < -0.3 is 18.9 Å². The topological polar surface area (TPSA) is 103 Å². The Bertz CT molecular complexity index is 1180. The molecule has 0 unspecified atom stereocenters. The Kier molecular flexibility index (Phi) is 14.0. The molecule has 0 radical (unpaired) electrons. The van der Waals surface area contributed by atoms with Crippen LogP contribution >= 0.6 is 0 Å².